The van der Waals surface area contributed by atoms with Gasteiger partial charge in [-0.15, -0.1) is 0 Å². The van der Waals surface area contributed by atoms with Crippen LogP contribution in [0.15, 0.2) is 42.5 Å². The van der Waals surface area contributed by atoms with Crippen LogP contribution in [-0.2, 0) is 16.0 Å². The minimum atomic E-state index is -0.138. The first-order valence-corrected chi connectivity index (χ1v) is 7.18. The first-order valence-electron chi connectivity index (χ1n) is 7.18. The maximum atomic E-state index is 12.2. The van der Waals surface area contributed by atoms with Gasteiger partial charge in [-0.05, 0) is 42.7 Å². The molecule has 0 spiro atoms. The summed E-state index contributed by atoms with van der Waals surface area (Å²) >= 11 is 0. The molecule has 114 valence electrons. The van der Waals surface area contributed by atoms with Crippen LogP contribution < -0.4 is 10.6 Å². The maximum absolute atomic E-state index is 12.2. The smallest absolute Gasteiger partial charge is 0.228 e. The van der Waals surface area contributed by atoms with Gasteiger partial charge in [-0.25, -0.2) is 0 Å². The quantitative estimate of drug-likeness (QED) is 0.908. The molecule has 0 aliphatic heterocycles. The summed E-state index contributed by atoms with van der Waals surface area (Å²) in [5, 5.41) is 5.62. The van der Waals surface area contributed by atoms with Gasteiger partial charge in [0.2, 0.25) is 11.8 Å². The van der Waals surface area contributed by atoms with Crippen molar-refractivity contribution in [3.05, 3.63) is 59.2 Å². The molecule has 2 amide bonds. The molecule has 2 aromatic rings. The second kappa shape index (κ2) is 6.89. The summed E-state index contributed by atoms with van der Waals surface area (Å²) in [6, 6.07) is 13.3. The van der Waals surface area contributed by atoms with E-state index < -0.39 is 0 Å². The summed E-state index contributed by atoms with van der Waals surface area (Å²) in [4.78, 5) is 23.3. The van der Waals surface area contributed by atoms with E-state index in [0.29, 0.717) is 17.8 Å². The second-order valence-corrected chi connectivity index (χ2v) is 5.36. The monoisotopic (exact) mass is 296 g/mol. The molecule has 2 rings (SSSR count). The molecular weight excluding hydrogens is 276 g/mol. The van der Waals surface area contributed by atoms with E-state index in [0.717, 1.165) is 16.7 Å². The zero-order chi connectivity index (χ0) is 16.1. The normalized spacial score (nSPS) is 10.1. The third-order valence-electron chi connectivity index (χ3n) is 3.44. The highest BCUT2D eigenvalue weighted by atomic mass is 16.2. The molecule has 0 unspecified atom stereocenters. The number of aryl methyl sites for hydroxylation is 2. The fourth-order valence-electron chi connectivity index (χ4n) is 2.21. The fraction of sp³-hybridized carbons (Fsp3) is 0.222. The molecule has 0 saturated carbocycles. The lowest BCUT2D eigenvalue weighted by molar-refractivity contribution is -0.116. The van der Waals surface area contributed by atoms with Crippen molar-refractivity contribution >= 4 is 23.2 Å². The number of benzene rings is 2. The highest BCUT2D eigenvalue weighted by Gasteiger charge is 2.08. The molecule has 2 N–H and O–H groups in total. The van der Waals surface area contributed by atoms with E-state index in [1.54, 1.807) is 6.07 Å². The number of amides is 2. The average molecular weight is 296 g/mol. The van der Waals surface area contributed by atoms with Crippen molar-refractivity contribution in [1.82, 2.24) is 0 Å². The lowest BCUT2D eigenvalue weighted by atomic mass is 10.1. The average Bonchev–Trinajstić information content (AvgIpc) is 2.44. The van der Waals surface area contributed by atoms with Crippen LogP contribution in [0.4, 0.5) is 11.4 Å². The van der Waals surface area contributed by atoms with Crippen molar-refractivity contribution in [2.75, 3.05) is 10.6 Å². The molecular formula is C18H20N2O2. The molecule has 0 fully saturated rings. The van der Waals surface area contributed by atoms with E-state index in [9.17, 15) is 9.59 Å². The molecule has 0 aromatic heterocycles. The predicted molar refractivity (Wildman–Crippen MR) is 89.0 cm³/mol. The van der Waals surface area contributed by atoms with Gasteiger partial charge in [-0.2, -0.15) is 0 Å². The van der Waals surface area contributed by atoms with Crippen LogP contribution >= 0.6 is 0 Å². The third-order valence-corrected chi connectivity index (χ3v) is 3.44. The van der Waals surface area contributed by atoms with Crippen LogP contribution in [0, 0.1) is 13.8 Å². The molecule has 0 bridgehead atoms. The van der Waals surface area contributed by atoms with Gasteiger partial charge in [0, 0.05) is 18.3 Å². The zero-order valence-electron chi connectivity index (χ0n) is 13.1. The van der Waals surface area contributed by atoms with Crippen molar-refractivity contribution < 1.29 is 9.59 Å². The largest absolute Gasteiger partial charge is 0.326 e. The van der Waals surface area contributed by atoms with Gasteiger partial charge in [0.1, 0.15) is 0 Å². The zero-order valence-corrected chi connectivity index (χ0v) is 13.1. The lowest BCUT2D eigenvalue weighted by Gasteiger charge is -2.12. The number of nitrogens with one attached hydrogen (secondary N) is 2. The van der Waals surface area contributed by atoms with E-state index >= 15 is 0 Å². The fourth-order valence-corrected chi connectivity index (χ4v) is 2.21. The van der Waals surface area contributed by atoms with Crippen LogP contribution in [0.25, 0.3) is 0 Å². The Morgan fingerprint density at radius 3 is 2.36 bits per heavy atom. The topological polar surface area (TPSA) is 58.2 Å². The molecule has 0 radical (unpaired) electrons. The molecule has 0 aliphatic carbocycles. The van der Waals surface area contributed by atoms with E-state index in [1.807, 2.05) is 50.2 Å². The van der Waals surface area contributed by atoms with Gasteiger partial charge in [0.25, 0.3) is 0 Å². The Balaban J connectivity index is 2.11. The van der Waals surface area contributed by atoms with Gasteiger partial charge in [-0.1, -0.05) is 30.3 Å². The van der Waals surface area contributed by atoms with Gasteiger partial charge in [0.05, 0.1) is 6.42 Å². The molecule has 0 saturated heterocycles. The Kier molecular flexibility index (Phi) is 4.94. The van der Waals surface area contributed by atoms with Crippen molar-refractivity contribution in [2.45, 2.75) is 27.2 Å². The number of hydrogen-bond acceptors (Lipinski definition) is 2. The van der Waals surface area contributed by atoms with Gasteiger partial charge >= 0.3 is 0 Å². The number of rotatable bonds is 4. The van der Waals surface area contributed by atoms with Crippen LogP contribution in [0.3, 0.4) is 0 Å². The lowest BCUT2D eigenvalue weighted by Crippen LogP contribution is -2.16. The second-order valence-electron chi connectivity index (χ2n) is 5.36. The van der Waals surface area contributed by atoms with Gasteiger partial charge < -0.3 is 10.6 Å². The minimum absolute atomic E-state index is 0.0719. The summed E-state index contributed by atoms with van der Waals surface area (Å²) in [6.07, 6.45) is 0.330. The summed E-state index contributed by atoms with van der Waals surface area (Å²) < 4.78 is 0. The molecule has 22 heavy (non-hydrogen) atoms. The summed E-state index contributed by atoms with van der Waals surface area (Å²) in [5.74, 6) is -0.210. The Hall–Kier alpha value is -2.62. The summed E-state index contributed by atoms with van der Waals surface area (Å²) in [5.41, 5.74) is 4.44. The van der Waals surface area contributed by atoms with E-state index in [-0.39, 0.29) is 11.8 Å². The van der Waals surface area contributed by atoms with Crippen molar-refractivity contribution in [3.8, 4) is 0 Å². The van der Waals surface area contributed by atoms with Crippen molar-refractivity contribution in [3.63, 3.8) is 0 Å². The van der Waals surface area contributed by atoms with Gasteiger partial charge in [0.15, 0.2) is 0 Å². The first-order chi connectivity index (χ1) is 10.5. The Morgan fingerprint density at radius 2 is 1.68 bits per heavy atom. The van der Waals surface area contributed by atoms with E-state index in [4.69, 9.17) is 0 Å². The third kappa shape index (κ3) is 4.19. The number of anilines is 2. The molecule has 4 nitrogen and oxygen atoms in total. The van der Waals surface area contributed by atoms with Crippen molar-refractivity contribution in [1.29, 1.82) is 0 Å². The molecule has 0 aliphatic rings. The predicted octanol–water partition coefficient (Wildman–Crippen LogP) is 3.44. The highest BCUT2D eigenvalue weighted by molar-refractivity contribution is 5.95. The molecule has 0 heterocycles. The SMILES string of the molecule is CC(=O)Nc1ccc(C)c(NC(=O)Cc2ccccc2C)c1. The van der Waals surface area contributed by atoms with Crippen molar-refractivity contribution in [2.24, 2.45) is 0 Å². The van der Waals surface area contributed by atoms with Crippen LogP contribution in [-0.4, -0.2) is 11.8 Å². The molecule has 4 heteroatoms. The van der Waals surface area contributed by atoms with Gasteiger partial charge in [-0.3, -0.25) is 9.59 Å². The number of carbonyl (C=O) groups is 2. The maximum Gasteiger partial charge on any atom is 0.228 e. The Labute approximate surface area is 130 Å². The standard InChI is InChI=1S/C18H20N2O2/c1-12-6-4-5-7-15(12)10-18(22)20-17-11-16(19-14(3)21)9-8-13(17)2/h4-9,11H,10H2,1-3H3,(H,19,21)(H,20,22). The number of carbonyl (C=O) groups excluding carboxylic acids is 2. The van der Waals surface area contributed by atoms with E-state index in [1.165, 1.54) is 6.92 Å². The van der Waals surface area contributed by atoms with Crippen LogP contribution in [0.5, 0.6) is 0 Å². The van der Waals surface area contributed by atoms with Crippen LogP contribution in [0.2, 0.25) is 0 Å². The highest BCUT2D eigenvalue weighted by Crippen LogP contribution is 2.21. The minimum Gasteiger partial charge on any atom is -0.326 e. The molecule has 0 atom stereocenters. The Morgan fingerprint density at radius 1 is 0.955 bits per heavy atom. The first kappa shape index (κ1) is 15.8. The molecule has 2 aromatic carbocycles. The summed E-state index contributed by atoms with van der Waals surface area (Å²) in [6.45, 7) is 5.36. The summed E-state index contributed by atoms with van der Waals surface area (Å²) in [7, 11) is 0. The van der Waals surface area contributed by atoms with E-state index in [2.05, 4.69) is 10.6 Å². The Bertz CT molecular complexity index is 708. The van der Waals surface area contributed by atoms with Crippen LogP contribution in [0.1, 0.15) is 23.6 Å². The number of hydrogen-bond donors (Lipinski definition) is 2.